The molecule has 1 unspecified atom stereocenters. The summed E-state index contributed by atoms with van der Waals surface area (Å²) in [6, 6.07) is 3.59. The van der Waals surface area contributed by atoms with Crippen LogP contribution in [0.4, 0.5) is 18.9 Å². The van der Waals surface area contributed by atoms with Crippen LogP contribution in [0.15, 0.2) is 18.2 Å². The van der Waals surface area contributed by atoms with E-state index in [9.17, 15) is 13.2 Å². The molecule has 126 valence electrons. The van der Waals surface area contributed by atoms with Gasteiger partial charge in [-0.2, -0.15) is 13.2 Å². The van der Waals surface area contributed by atoms with Gasteiger partial charge < -0.3 is 15.4 Å². The molecule has 22 heavy (non-hydrogen) atoms. The van der Waals surface area contributed by atoms with E-state index >= 15 is 0 Å². The molecule has 0 spiro atoms. The first-order chi connectivity index (χ1) is 10.4. The lowest BCUT2D eigenvalue weighted by Crippen LogP contribution is -2.40. The molecule has 0 amide bonds. The summed E-state index contributed by atoms with van der Waals surface area (Å²) in [6.07, 6.45) is -1.12. The van der Waals surface area contributed by atoms with Crippen molar-refractivity contribution in [2.45, 2.75) is 45.3 Å². The van der Waals surface area contributed by atoms with Crippen LogP contribution in [0.25, 0.3) is 0 Å². The van der Waals surface area contributed by atoms with Crippen LogP contribution in [0.3, 0.4) is 0 Å². The van der Waals surface area contributed by atoms with Crippen LogP contribution in [0.5, 0.6) is 5.75 Å². The van der Waals surface area contributed by atoms with Crippen LogP contribution in [0.1, 0.15) is 38.7 Å². The summed E-state index contributed by atoms with van der Waals surface area (Å²) in [4.78, 5) is 2.18. The number of halogens is 3. The number of likely N-dealkylation sites (tertiary alicyclic amines) is 1. The van der Waals surface area contributed by atoms with Crippen molar-refractivity contribution < 1.29 is 17.9 Å². The number of benzene rings is 1. The zero-order chi connectivity index (χ0) is 16.8. The predicted octanol–water partition coefficient (Wildman–Crippen LogP) is 4.18. The zero-order valence-corrected chi connectivity index (χ0v) is 13.4. The van der Waals surface area contributed by atoms with Gasteiger partial charge in [0.15, 0.2) is 0 Å². The molecule has 1 aliphatic heterocycles. The van der Waals surface area contributed by atoms with E-state index in [0.717, 1.165) is 37.9 Å². The van der Waals surface area contributed by atoms with Gasteiger partial charge in [0, 0.05) is 17.8 Å². The molecule has 1 aromatic rings. The van der Waals surface area contributed by atoms with Gasteiger partial charge in [-0.3, -0.25) is 0 Å². The van der Waals surface area contributed by atoms with Crippen LogP contribution >= 0.6 is 0 Å². The van der Waals surface area contributed by atoms with Crippen LogP contribution in [0, 0.1) is 0 Å². The minimum absolute atomic E-state index is 0.0619. The van der Waals surface area contributed by atoms with Gasteiger partial charge in [0.05, 0.1) is 5.56 Å². The molecule has 1 aromatic carbocycles. The summed E-state index contributed by atoms with van der Waals surface area (Å²) in [7, 11) is 2.01. The van der Waals surface area contributed by atoms with Crippen molar-refractivity contribution in [2.24, 2.45) is 0 Å². The highest BCUT2D eigenvalue weighted by Crippen LogP contribution is 2.33. The smallest absolute Gasteiger partial charge is 0.416 e. The third-order valence-electron chi connectivity index (χ3n) is 3.62. The first-order valence-electron chi connectivity index (χ1n) is 7.67. The normalized spacial score (nSPS) is 19.3. The first kappa shape index (κ1) is 18.6. The zero-order valence-electron chi connectivity index (χ0n) is 13.4. The van der Waals surface area contributed by atoms with Gasteiger partial charge in [0.2, 0.25) is 0 Å². The average Bonchev–Trinajstić information content (AvgIpc) is 2.47. The third-order valence-corrected chi connectivity index (χ3v) is 3.62. The second-order valence-electron chi connectivity index (χ2n) is 5.23. The number of anilines is 1. The van der Waals surface area contributed by atoms with E-state index in [4.69, 9.17) is 10.5 Å². The summed E-state index contributed by atoms with van der Waals surface area (Å²) in [5, 5.41) is 0. The molecule has 1 aliphatic rings. The minimum atomic E-state index is -4.41. The maximum Gasteiger partial charge on any atom is 0.416 e. The number of nitrogens with zero attached hydrogens (tertiary/aromatic N) is 1. The second kappa shape index (κ2) is 8.27. The molecule has 0 aromatic heterocycles. The van der Waals surface area contributed by atoms with E-state index in [1.54, 1.807) is 0 Å². The van der Waals surface area contributed by atoms with Crippen LogP contribution in [-0.2, 0) is 6.18 Å². The Kier molecular flexibility index (Phi) is 7.00. The fraction of sp³-hybridized carbons (Fsp3) is 0.625. The molecule has 0 radical (unpaired) electrons. The van der Waals surface area contributed by atoms with Crippen LogP contribution in [0.2, 0.25) is 0 Å². The largest absolute Gasteiger partial charge is 0.492 e. The highest BCUT2D eigenvalue weighted by Gasteiger charge is 2.31. The van der Waals surface area contributed by atoms with Crippen molar-refractivity contribution in [1.82, 2.24) is 4.90 Å². The highest BCUT2D eigenvalue weighted by atomic mass is 19.4. The lowest BCUT2D eigenvalue weighted by Gasteiger charge is -2.32. The van der Waals surface area contributed by atoms with Crippen molar-refractivity contribution in [1.29, 1.82) is 0 Å². The summed E-state index contributed by atoms with van der Waals surface area (Å²) in [6.45, 7) is 5.38. The second-order valence-corrected chi connectivity index (χ2v) is 5.23. The Labute approximate surface area is 130 Å². The molecule has 0 aliphatic carbocycles. The first-order valence-corrected chi connectivity index (χ1v) is 7.67. The number of likely N-dealkylation sites (N-methyl/N-ethyl adjacent to an activating group) is 1. The predicted molar refractivity (Wildman–Crippen MR) is 83.0 cm³/mol. The summed E-state index contributed by atoms with van der Waals surface area (Å²) in [5.74, 6) is 0.177. The van der Waals surface area contributed by atoms with E-state index in [2.05, 4.69) is 4.90 Å². The van der Waals surface area contributed by atoms with Gasteiger partial charge >= 0.3 is 6.18 Å². The van der Waals surface area contributed by atoms with Gasteiger partial charge in [0.1, 0.15) is 12.4 Å². The Morgan fingerprint density at radius 3 is 2.50 bits per heavy atom. The summed E-state index contributed by atoms with van der Waals surface area (Å²) in [5.41, 5.74) is 4.79. The number of nitrogens with two attached hydrogens (primary N) is 1. The quantitative estimate of drug-likeness (QED) is 0.850. The summed E-state index contributed by atoms with van der Waals surface area (Å²) >= 11 is 0. The fourth-order valence-electron chi connectivity index (χ4n) is 2.42. The van der Waals surface area contributed by atoms with E-state index in [1.807, 2.05) is 20.9 Å². The molecule has 1 atom stereocenters. The van der Waals surface area contributed by atoms with Gasteiger partial charge in [-0.25, -0.2) is 0 Å². The Bertz CT molecular complexity index is 463. The van der Waals surface area contributed by atoms with Crippen LogP contribution in [-0.4, -0.2) is 31.1 Å². The van der Waals surface area contributed by atoms with E-state index in [-0.39, 0.29) is 17.5 Å². The molecule has 0 saturated carbocycles. The standard InChI is InChI=1S/C14H19F3N2O.C2H6/c1-19-5-3-2-4-12(19)9-20-13-7-10(14(15,16)17)6-11(18)8-13;1-2/h6-8,12H,2-5,9,18H2,1H3;1-2H3. The Morgan fingerprint density at radius 2 is 1.91 bits per heavy atom. The van der Waals surface area contributed by atoms with Gasteiger partial charge in [-0.15, -0.1) is 0 Å². The minimum Gasteiger partial charge on any atom is -0.492 e. The number of nitrogen functional groups attached to an aromatic ring is 1. The van der Waals surface area contributed by atoms with Crippen molar-refractivity contribution >= 4 is 5.69 Å². The van der Waals surface area contributed by atoms with Crippen molar-refractivity contribution in [3.8, 4) is 5.75 Å². The van der Waals surface area contributed by atoms with Crippen molar-refractivity contribution in [3.63, 3.8) is 0 Å². The number of piperidine rings is 1. The van der Waals surface area contributed by atoms with Gasteiger partial charge in [0.25, 0.3) is 0 Å². The highest BCUT2D eigenvalue weighted by molar-refractivity contribution is 5.48. The SMILES string of the molecule is CC.CN1CCCCC1COc1cc(N)cc(C(F)(F)F)c1. The number of alkyl halides is 3. The van der Waals surface area contributed by atoms with E-state index in [0.29, 0.717) is 6.61 Å². The number of hydrogen-bond donors (Lipinski definition) is 1. The molecular weight excluding hydrogens is 293 g/mol. The molecular formula is C16H25F3N2O. The number of hydrogen-bond acceptors (Lipinski definition) is 3. The Morgan fingerprint density at radius 1 is 1.23 bits per heavy atom. The third kappa shape index (κ3) is 5.40. The van der Waals surface area contributed by atoms with E-state index in [1.165, 1.54) is 6.07 Å². The molecule has 2 rings (SSSR count). The molecule has 2 N–H and O–H groups in total. The van der Waals surface area contributed by atoms with Crippen molar-refractivity contribution in [2.75, 3.05) is 25.9 Å². The number of rotatable bonds is 3. The molecule has 1 heterocycles. The van der Waals surface area contributed by atoms with E-state index < -0.39 is 11.7 Å². The molecule has 6 heteroatoms. The van der Waals surface area contributed by atoms with Gasteiger partial charge in [-0.05, 0) is 38.6 Å². The molecule has 3 nitrogen and oxygen atoms in total. The Hall–Kier alpha value is -1.43. The van der Waals surface area contributed by atoms with Crippen LogP contribution < -0.4 is 10.5 Å². The number of ether oxygens (including phenoxy) is 1. The lowest BCUT2D eigenvalue weighted by molar-refractivity contribution is -0.137. The molecule has 1 saturated heterocycles. The maximum absolute atomic E-state index is 12.7. The lowest BCUT2D eigenvalue weighted by atomic mass is 10.0. The summed E-state index contributed by atoms with van der Waals surface area (Å²) < 4.78 is 43.6. The van der Waals surface area contributed by atoms with Crippen molar-refractivity contribution in [3.05, 3.63) is 23.8 Å². The molecule has 1 fully saturated rings. The Balaban J connectivity index is 0.00000116. The monoisotopic (exact) mass is 318 g/mol. The topological polar surface area (TPSA) is 38.5 Å². The average molecular weight is 318 g/mol. The molecule has 0 bridgehead atoms. The fourth-order valence-corrected chi connectivity index (χ4v) is 2.42. The maximum atomic E-state index is 12.7. The van der Waals surface area contributed by atoms with Gasteiger partial charge in [-0.1, -0.05) is 20.3 Å².